The summed E-state index contributed by atoms with van der Waals surface area (Å²) in [5.41, 5.74) is 2.91. The minimum absolute atomic E-state index is 0.0202. The van der Waals surface area contributed by atoms with Gasteiger partial charge >= 0.3 is 30.7 Å². The molecule has 16 aromatic heterocycles. The zero-order chi connectivity index (χ0) is 97.3. The van der Waals surface area contributed by atoms with Crippen molar-refractivity contribution in [2.75, 3.05) is 21.4 Å². The van der Waals surface area contributed by atoms with Gasteiger partial charge in [-0.25, -0.2) is 4.85 Å². The molecule has 0 fully saturated rings. The Kier molecular flexibility index (Phi) is 26.1. The molecule has 28 aromatic rings. The van der Waals surface area contributed by atoms with E-state index in [0.717, 1.165) is 80.8 Å². The smallest absolute Gasteiger partial charge is 0.215 e. The first-order valence-electron chi connectivity index (χ1n) is 43.7. The fourth-order valence-electron chi connectivity index (χ4n) is 18.2. The second-order valence-electron chi connectivity index (χ2n) is 31.4. The van der Waals surface area contributed by atoms with E-state index in [9.17, 15) is 14.4 Å². The average Bonchev–Trinajstić information content (AvgIpc) is 1.54. The number of benzene rings is 12. The van der Waals surface area contributed by atoms with Gasteiger partial charge in [0.25, 0.3) is 11.9 Å². The number of carbonyl (C=O) groups is 1. The Hall–Kier alpha value is -14.6. The van der Waals surface area contributed by atoms with Gasteiger partial charge in [-0.2, -0.15) is 15.8 Å². The summed E-state index contributed by atoms with van der Waals surface area (Å²) in [5, 5.41) is 61.6. The standard InChI is InChI=1S/C40H20N4O2S2.C26H14O4S2.C16H6Br2S2.C16H8S2.C7H6N2.C5H6O4.CH3F.BHNS/c1-42-30(29-11-3-5-19-44-29)21-25-15-17-32(46-25)40-38-27-9-7-12-33-35(27)37(26-8-6-13-34(48-40)36(26)38)39(47-33)31-16-14-24(45-31)20-23(22-41)28-10-2-4-18-43-28;1-28-20-11-10-17(30-20)26-24-15-5-3-6-18-21(15)23(14-4-2-7-19(32-26)22(14)24)25(31-18)16-9-8-13(12-27)29-16;17-15-13-7-3-1-5-9-11(7)14(16(18)19-9)8-4-2-6-10(20-15)12(8)13;1-3-9-11-7-18-14-6-2-4-10(16(11)14)12-8-17-13(5-1)15(9)12;8-5-4-7-3-1-2-6-9-7;1-7-4-2-3-5(8-4)9-6;1-2;1-2-3/h2-21H;2-12H,1H3;1-6H;1-8H;1-3,6H,4H2;2-3,6H,1H3;1H3;3H/b23-20+,30-21-;;;;;;;/i;;;;;;1D;. The van der Waals surface area contributed by atoms with Gasteiger partial charge in [-0.15, -0.1) is 90.7 Å². The van der Waals surface area contributed by atoms with Gasteiger partial charge in [0, 0.05) is 167 Å². The summed E-state index contributed by atoms with van der Waals surface area (Å²) in [6.45, 7) is 7.71. The summed E-state index contributed by atoms with van der Waals surface area (Å²) >= 11 is 24.9. The predicted molar refractivity (Wildman–Crippen MR) is 594 cm³/mol. The number of nitriles is 2. The maximum absolute atomic E-state index is 11.2. The Morgan fingerprint density at radius 3 is 1.16 bits per heavy atom. The molecule has 0 unspecified atom stereocenters. The van der Waals surface area contributed by atoms with Crippen molar-refractivity contribution in [3.63, 3.8) is 0 Å². The molecular weight excluding hydrogens is 2070 g/mol. The van der Waals surface area contributed by atoms with Crippen molar-refractivity contribution in [3.05, 3.63) is 344 Å². The summed E-state index contributed by atoms with van der Waals surface area (Å²) in [4.78, 5) is 35.5. The van der Waals surface area contributed by atoms with Crippen LogP contribution in [0.1, 0.15) is 40.5 Å². The first-order chi connectivity index (χ1) is 69.8. The van der Waals surface area contributed by atoms with Crippen LogP contribution in [-0.2, 0) is 6.42 Å². The van der Waals surface area contributed by atoms with Crippen molar-refractivity contribution < 1.29 is 52.3 Å². The molecule has 0 saturated carbocycles. The summed E-state index contributed by atoms with van der Waals surface area (Å²) in [7, 11) is 6.41. The topological polar surface area (TPSA) is 234 Å². The van der Waals surface area contributed by atoms with E-state index in [1.165, 1.54) is 167 Å². The monoisotopic (exact) mass is 2130 g/mol. The van der Waals surface area contributed by atoms with Crippen LogP contribution in [0, 0.1) is 29.2 Å². The van der Waals surface area contributed by atoms with E-state index in [2.05, 4.69) is 253 Å². The molecule has 141 heavy (non-hydrogen) atoms. The Balaban J connectivity index is 0.000000109. The fraction of sp³-hybridized carbons (Fsp3) is 0.0360. The van der Waals surface area contributed by atoms with Crippen LogP contribution in [0.2, 0.25) is 0 Å². The molecule has 17 nitrogen and oxygen atoms in total. The first-order valence-corrected chi connectivity index (χ1v) is 51.7. The van der Waals surface area contributed by atoms with Gasteiger partial charge < -0.3 is 36.4 Å². The van der Waals surface area contributed by atoms with Crippen LogP contribution >= 0.6 is 135 Å². The molecule has 0 spiro atoms. The van der Waals surface area contributed by atoms with Crippen molar-refractivity contribution in [2.45, 2.75) is 6.42 Å². The number of hydrogen-bond donors (Lipinski definition) is 2. The van der Waals surface area contributed by atoms with E-state index in [1.54, 1.807) is 89.3 Å². The minimum atomic E-state index is -1.00. The molecule has 30 heteroatoms. The molecule has 16 heterocycles. The maximum atomic E-state index is 11.2. The molecule has 28 rings (SSSR count). The molecule has 12 aromatic carbocycles. The minimum Gasteiger partial charge on any atom is -0.457 e. The van der Waals surface area contributed by atoms with E-state index in [4.69, 9.17) is 40.9 Å². The number of rotatable bonds is 13. The van der Waals surface area contributed by atoms with Gasteiger partial charge in [0.05, 0.1) is 91.5 Å². The molecule has 0 aliphatic carbocycles. The average molecular weight is 2130 g/mol. The van der Waals surface area contributed by atoms with E-state index in [1.807, 2.05) is 148 Å². The summed E-state index contributed by atoms with van der Waals surface area (Å²) in [6, 6.07) is 91.4. The largest absolute Gasteiger partial charge is 0.457 e. The molecule has 1 radical (unpaired) electrons. The molecule has 681 valence electrons. The third-order valence-corrected chi connectivity index (χ3v) is 34.0. The molecule has 0 atom stereocenters. The second kappa shape index (κ2) is 40.3. The van der Waals surface area contributed by atoms with Crippen molar-refractivity contribution in [2.24, 2.45) is 4.30 Å². The number of fused-ring (bicyclic) bond motifs is 8. The molecule has 0 bridgehead atoms. The number of hydrogen-bond acceptors (Lipinski definition) is 25. The number of pyridine rings is 3. The number of aromatic nitrogens is 3. The second-order valence-corrected chi connectivity index (χ2v) is 42.4. The van der Waals surface area contributed by atoms with Crippen LogP contribution in [0.4, 0.5) is 4.39 Å². The van der Waals surface area contributed by atoms with Crippen LogP contribution in [0.15, 0.2) is 324 Å². The molecule has 0 aliphatic heterocycles. The summed E-state index contributed by atoms with van der Waals surface area (Å²) in [6.07, 6.45) is 9.68. The van der Waals surface area contributed by atoms with Crippen LogP contribution in [0.3, 0.4) is 0 Å². The maximum Gasteiger partial charge on any atom is 0.215 e. The molecule has 0 saturated heterocycles. The number of methoxy groups -OCH3 is 2. The Morgan fingerprint density at radius 1 is 0.440 bits per heavy atom. The van der Waals surface area contributed by atoms with Crippen LogP contribution < -0.4 is 14.4 Å². The van der Waals surface area contributed by atoms with Gasteiger partial charge in [0.15, 0.2) is 12.0 Å². The number of furan rings is 5. The zero-order valence-electron chi connectivity index (χ0n) is 74.5. The third-order valence-electron chi connectivity index (χ3n) is 23.8. The SMILES string of the molecule is Brc1sc2cccc3c4c(Br)sc5cccc(c1c23)c54.COc1ccc(-c2sc3cccc4c5c(-c6ccc(C=O)o6)sc6cccc(c2c34)c65)o1.COc1ccc(OO)o1.N#CCc1ccccn1.[2H]CF.[B]=NS.[C-]#[N+]/C(=C\c1ccc(-c2sc3cccc4c5c(-c6ccc(/C=C(\C#N)c7ccccn7)o6)sc6cccc(c2c34)c65)o1)c1ccccn1.c1cc2scc3c4cccc5scc(c(c1)c23)c54. The van der Waals surface area contributed by atoms with E-state index < -0.39 is 7.15 Å². The molecule has 0 aliphatic rings. The summed E-state index contributed by atoms with van der Waals surface area (Å²) in [5.74, 6) is 5.40. The van der Waals surface area contributed by atoms with Crippen LogP contribution in [-0.4, -0.2) is 55.5 Å². The third kappa shape index (κ3) is 17.0. The van der Waals surface area contributed by atoms with Crippen molar-refractivity contribution in [1.29, 1.82) is 10.5 Å². The number of allylic oxidation sites excluding steroid dienone is 1. The van der Waals surface area contributed by atoms with Crippen LogP contribution in [0.25, 0.3) is 238 Å². The van der Waals surface area contributed by atoms with Gasteiger partial charge in [-0.1, -0.05) is 115 Å². The Bertz CT molecular complexity index is 9360. The number of nitrogens with zero attached hydrogens (tertiary/aromatic N) is 7. The summed E-state index contributed by atoms with van der Waals surface area (Å²) < 4.78 is 70.1. The van der Waals surface area contributed by atoms with Crippen molar-refractivity contribution >= 4 is 340 Å². The van der Waals surface area contributed by atoms with Gasteiger partial charge in [0.1, 0.15) is 40.6 Å². The van der Waals surface area contributed by atoms with E-state index in [0.29, 0.717) is 58.3 Å². The van der Waals surface area contributed by atoms with Crippen molar-refractivity contribution in [3.8, 4) is 72.5 Å². The number of thiophene rings is 8. The van der Waals surface area contributed by atoms with E-state index >= 15 is 0 Å². The number of thiol groups is 1. The van der Waals surface area contributed by atoms with Crippen LogP contribution in [0.5, 0.6) is 17.8 Å². The Labute approximate surface area is 857 Å². The van der Waals surface area contributed by atoms with Gasteiger partial charge in [0.2, 0.25) is 5.70 Å². The Morgan fingerprint density at radius 2 is 0.794 bits per heavy atom. The van der Waals surface area contributed by atoms with Gasteiger partial charge in [-0.05, 0) is 219 Å². The fourth-order valence-corrected chi connectivity index (χ4v) is 28.8. The number of carbonyl (C=O) groups excluding carboxylic acids is 1. The molecular formula is C111H64BBr2FN7O10S9. The van der Waals surface area contributed by atoms with Crippen molar-refractivity contribution in [1.82, 2.24) is 15.0 Å². The number of halogens is 3. The van der Waals surface area contributed by atoms with Gasteiger partial charge in [-0.3, -0.25) is 24.1 Å². The van der Waals surface area contributed by atoms with E-state index in [-0.39, 0.29) is 5.95 Å². The molecule has 0 amide bonds. The normalized spacial score (nSPS) is 11.6. The zero-order valence-corrected chi connectivity index (χ0v) is 84.1. The first kappa shape index (κ1) is 91.5. The quantitative estimate of drug-likeness (QED) is 0.0160. The predicted octanol–water partition coefficient (Wildman–Crippen LogP) is 36.2. The number of aldehydes is 1. The molecule has 1 N–H and O–H groups in total. The number of ether oxygens (including phenoxy) is 2. The number of alkyl halides is 1.